The molecule has 0 bridgehead atoms. The molecular weight excluding hydrogens is 356 g/mol. The van der Waals surface area contributed by atoms with Crippen LogP contribution < -0.4 is 10.9 Å². The molecule has 28 heavy (non-hydrogen) atoms. The number of H-pyrrole nitrogens is 1. The van der Waals surface area contributed by atoms with Gasteiger partial charge in [-0.1, -0.05) is 39.0 Å². The zero-order chi connectivity index (χ0) is 20.3. The van der Waals surface area contributed by atoms with Crippen LogP contribution in [0.4, 0.5) is 0 Å². The van der Waals surface area contributed by atoms with Crippen molar-refractivity contribution in [2.75, 3.05) is 13.1 Å². The number of piperidine rings is 1. The maximum Gasteiger partial charge on any atom is 0.242 e. The molecule has 150 valence electrons. The van der Waals surface area contributed by atoms with E-state index < -0.39 is 5.41 Å². The fourth-order valence-corrected chi connectivity index (χ4v) is 3.55. The van der Waals surface area contributed by atoms with E-state index >= 15 is 0 Å². The normalized spacial score (nSPS) is 15.5. The Labute approximate surface area is 164 Å². The van der Waals surface area contributed by atoms with Gasteiger partial charge in [-0.25, -0.2) is 0 Å². The van der Waals surface area contributed by atoms with Crippen LogP contribution in [0.5, 0.6) is 0 Å². The van der Waals surface area contributed by atoms with Crippen LogP contribution in [0.25, 0.3) is 10.9 Å². The summed E-state index contributed by atoms with van der Waals surface area (Å²) in [5.41, 5.74) is 6.49. The summed E-state index contributed by atoms with van der Waals surface area (Å²) < 4.78 is 0. The maximum atomic E-state index is 12.4. The summed E-state index contributed by atoms with van der Waals surface area (Å²) in [6, 6.07) is 7.77. The smallest absolute Gasteiger partial charge is 0.242 e. The third kappa shape index (κ3) is 4.52. The summed E-state index contributed by atoms with van der Waals surface area (Å²) in [5, 5.41) is 1.000. The van der Waals surface area contributed by atoms with Crippen molar-refractivity contribution in [3.63, 3.8) is 0 Å². The molecule has 0 radical (unpaired) electrons. The van der Waals surface area contributed by atoms with Gasteiger partial charge in [-0.3, -0.25) is 25.2 Å². The Morgan fingerprint density at radius 3 is 2.46 bits per heavy atom. The summed E-state index contributed by atoms with van der Waals surface area (Å²) in [4.78, 5) is 41.8. The van der Waals surface area contributed by atoms with Gasteiger partial charge in [-0.2, -0.15) is 0 Å². The van der Waals surface area contributed by atoms with Crippen LogP contribution in [0.15, 0.2) is 30.5 Å². The van der Waals surface area contributed by atoms with E-state index in [9.17, 15) is 14.4 Å². The van der Waals surface area contributed by atoms with Crippen LogP contribution in [-0.2, 0) is 20.8 Å². The van der Waals surface area contributed by atoms with Crippen molar-refractivity contribution in [2.45, 2.75) is 40.0 Å². The highest BCUT2D eigenvalue weighted by molar-refractivity contribution is 5.90. The van der Waals surface area contributed by atoms with E-state index in [2.05, 4.69) is 15.8 Å². The topological polar surface area (TPSA) is 94.3 Å². The number of carbonyl (C=O) groups is 3. The molecule has 1 aromatic heterocycles. The van der Waals surface area contributed by atoms with E-state index in [0.717, 1.165) is 16.5 Å². The molecule has 0 atom stereocenters. The number of rotatable bonds is 3. The molecule has 1 aliphatic heterocycles. The largest absolute Gasteiger partial charge is 0.361 e. The Hall–Kier alpha value is -2.83. The first-order chi connectivity index (χ1) is 13.3. The first kappa shape index (κ1) is 19.9. The molecule has 3 N–H and O–H groups in total. The Bertz CT molecular complexity index is 873. The molecule has 7 nitrogen and oxygen atoms in total. The summed E-state index contributed by atoms with van der Waals surface area (Å²) in [6.45, 7) is 6.83. The molecule has 1 aromatic carbocycles. The van der Waals surface area contributed by atoms with E-state index in [1.54, 1.807) is 0 Å². The van der Waals surface area contributed by atoms with Gasteiger partial charge in [0.2, 0.25) is 17.7 Å². The highest BCUT2D eigenvalue weighted by atomic mass is 16.2. The average molecular weight is 384 g/mol. The molecule has 3 rings (SSSR count). The van der Waals surface area contributed by atoms with Gasteiger partial charge in [0.25, 0.3) is 0 Å². The quantitative estimate of drug-likeness (QED) is 0.708. The standard InChI is InChI=1S/C21H28N4O3/c1-21(2,3)20(28)25-10-8-14(9-11-25)19(27)24-23-18(26)12-15-13-22-17-7-5-4-6-16(15)17/h4-7,13-14,22H,8-12H2,1-3H3,(H,23,26)(H,24,27). The van der Waals surface area contributed by atoms with Gasteiger partial charge in [0.1, 0.15) is 0 Å². The number of fused-ring (bicyclic) bond motifs is 1. The van der Waals surface area contributed by atoms with Gasteiger partial charge in [-0.05, 0) is 24.5 Å². The number of amides is 3. The van der Waals surface area contributed by atoms with E-state index in [1.165, 1.54) is 0 Å². The number of likely N-dealkylation sites (tertiary alicyclic amines) is 1. The van der Waals surface area contributed by atoms with Gasteiger partial charge >= 0.3 is 0 Å². The third-order valence-corrected chi connectivity index (χ3v) is 5.15. The summed E-state index contributed by atoms with van der Waals surface area (Å²) in [6.07, 6.45) is 3.20. The molecule has 3 amide bonds. The zero-order valence-corrected chi connectivity index (χ0v) is 16.7. The number of aromatic nitrogens is 1. The molecule has 1 fully saturated rings. The minimum absolute atomic E-state index is 0.110. The average Bonchev–Trinajstić information content (AvgIpc) is 3.08. The van der Waals surface area contributed by atoms with E-state index in [4.69, 9.17) is 0 Å². The number of benzene rings is 1. The Morgan fingerprint density at radius 1 is 1.11 bits per heavy atom. The molecule has 1 aliphatic rings. The first-order valence-electron chi connectivity index (χ1n) is 9.69. The number of hydrogen-bond donors (Lipinski definition) is 3. The predicted molar refractivity (Wildman–Crippen MR) is 107 cm³/mol. The Morgan fingerprint density at radius 2 is 1.79 bits per heavy atom. The second kappa shape index (κ2) is 8.04. The number of carbonyl (C=O) groups excluding carboxylic acids is 3. The van der Waals surface area contributed by atoms with Gasteiger partial charge in [0.05, 0.1) is 6.42 Å². The Kier molecular flexibility index (Phi) is 5.72. The monoisotopic (exact) mass is 384 g/mol. The molecule has 7 heteroatoms. The van der Waals surface area contributed by atoms with Crippen molar-refractivity contribution >= 4 is 28.6 Å². The lowest BCUT2D eigenvalue weighted by molar-refractivity contribution is -0.142. The summed E-state index contributed by atoms with van der Waals surface area (Å²) >= 11 is 0. The lowest BCUT2D eigenvalue weighted by Crippen LogP contribution is -2.49. The number of hydrazine groups is 1. The number of hydrogen-bond acceptors (Lipinski definition) is 3. The van der Waals surface area contributed by atoms with Crippen LogP contribution in [-0.4, -0.2) is 40.7 Å². The van der Waals surface area contributed by atoms with Crippen LogP contribution in [0.2, 0.25) is 0 Å². The fourth-order valence-electron chi connectivity index (χ4n) is 3.55. The minimum atomic E-state index is -0.411. The van der Waals surface area contributed by atoms with Gasteiger partial charge in [-0.15, -0.1) is 0 Å². The maximum absolute atomic E-state index is 12.4. The molecule has 2 heterocycles. The summed E-state index contributed by atoms with van der Waals surface area (Å²) in [7, 11) is 0. The van der Waals surface area contributed by atoms with Gasteiger partial charge < -0.3 is 9.88 Å². The Balaban J connectivity index is 1.46. The highest BCUT2D eigenvalue weighted by Gasteiger charge is 2.32. The minimum Gasteiger partial charge on any atom is -0.361 e. The fraction of sp³-hybridized carbons (Fsp3) is 0.476. The molecular formula is C21H28N4O3. The van der Waals surface area contributed by atoms with E-state index in [1.807, 2.05) is 56.1 Å². The predicted octanol–water partition coefficient (Wildman–Crippen LogP) is 2.14. The lowest BCUT2D eigenvalue weighted by atomic mass is 9.91. The van der Waals surface area contributed by atoms with Crippen LogP contribution in [0.1, 0.15) is 39.2 Å². The van der Waals surface area contributed by atoms with Crippen molar-refractivity contribution in [3.05, 3.63) is 36.0 Å². The van der Waals surface area contributed by atoms with Crippen LogP contribution in [0, 0.1) is 11.3 Å². The molecule has 0 spiro atoms. The number of para-hydroxylation sites is 1. The van der Waals surface area contributed by atoms with E-state index in [-0.39, 0.29) is 30.1 Å². The van der Waals surface area contributed by atoms with Crippen molar-refractivity contribution in [3.8, 4) is 0 Å². The van der Waals surface area contributed by atoms with Crippen molar-refractivity contribution < 1.29 is 14.4 Å². The van der Waals surface area contributed by atoms with Crippen molar-refractivity contribution in [2.24, 2.45) is 11.3 Å². The molecule has 0 saturated carbocycles. The van der Waals surface area contributed by atoms with E-state index in [0.29, 0.717) is 25.9 Å². The molecule has 0 aliphatic carbocycles. The second-order valence-corrected chi connectivity index (χ2v) is 8.39. The third-order valence-electron chi connectivity index (χ3n) is 5.15. The van der Waals surface area contributed by atoms with Crippen LogP contribution in [0.3, 0.4) is 0 Å². The number of nitrogens with zero attached hydrogens (tertiary/aromatic N) is 1. The molecule has 0 unspecified atom stereocenters. The van der Waals surface area contributed by atoms with Crippen molar-refractivity contribution in [1.82, 2.24) is 20.7 Å². The molecule has 2 aromatic rings. The first-order valence-corrected chi connectivity index (χ1v) is 9.69. The highest BCUT2D eigenvalue weighted by Crippen LogP contribution is 2.23. The molecule has 1 saturated heterocycles. The summed E-state index contributed by atoms with van der Waals surface area (Å²) in [5.74, 6) is -0.551. The van der Waals surface area contributed by atoms with Crippen LogP contribution >= 0.6 is 0 Å². The lowest BCUT2D eigenvalue weighted by Gasteiger charge is -2.35. The SMILES string of the molecule is CC(C)(C)C(=O)N1CCC(C(=O)NNC(=O)Cc2c[nH]c3ccccc23)CC1. The van der Waals surface area contributed by atoms with Gasteiger partial charge in [0.15, 0.2) is 0 Å². The zero-order valence-electron chi connectivity index (χ0n) is 16.7. The number of nitrogens with one attached hydrogen (secondary N) is 3. The van der Waals surface area contributed by atoms with Gasteiger partial charge in [0, 0.05) is 41.5 Å². The van der Waals surface area contributed by atoms with Crippen molar-refractivity contribution in [1.29, 1.82) is 0 Å². The second-order valence-electron chi connectivity index (χ2n) is 8.39. The number of aromatic amines is 1.